The van der Waals surface area contributed by atoms with E-state index in [0.29, 0.717) is 28.8 Å². The zero-order valence-corrected chi connectivity index (χ0v) is 23.3. The van der Waals surface area contributed by atoms with Crippen LogP contribution in [-0.4, -0.2) is 28.9 Å². The van der Waals surface area contributed by atoms with Crippen molar-refractivity contribution in [2.24, 2.45) is 0 Å². The molecular weight excluding hydrogens is 544 g/mol. The predicted octanol–water partition coefficient (Wildman–Crippen LogP) is 7.57. The summed E-state index contributed by atoms with van der Waals surface area (Å²) in [5.41, 5.74) is 5.62. The third-order valence-electron chi connectivity index (χ3n) is 8.14. The standard InChI is InChI=1S/C37H22N6O/c44-36-30-26-19-10-11-22-29(26)42(32(30)27-20-12-21-28-31(27)43(36)35(38-28)25-17-8-3-9-18-25)37-40-33(23-13-4-1-5-14-23)39-34(41-37)24-15-6-2-7-16-24/h1-22H. The van der Waals surface area contributed by atoms with Gasteiger partial charge in [0.15, 0.2) is 11.6 Å². The van der Waals surface area contributed by atoms with Crippen LogP contribution in [0.4, 0.5) is 0 Å². The molecule has 0 unspecified atom stereocenters. The Labute approximate surface area is 250 Å². The molecule has 206 valence electrons. The van der Waals surface area contributed by atoms with Crippen LogP contribution in [0.25, 0.3) is 78.3 Å². The normalized spacial score (nSPS) is 11.7. The van der Waals surface area contributed by atoms with E-state index in [4.69, 9.17) is 19.9 Å². The van der Waals surface area contributed by atoms with Gasteiger partial charge in [-0.15, -0.1) is 0 Å². The van der Waals surface area contributed by atoms with Crippen molar-refractivity contribution in [2.75, 3.05) is 0 Å². The molecule has 0 aliphatic rings. The Morgan fingerprint density at radius 1 is 0.477 bits per heavy atom. The summed E-state index contributed by atoms with van der Waals surface area (Å²) in [4.78, 5) is 34.5. The molecule has 9 aromatic rings. The van der Waals surface area contributed by atoms with E-state index in [1.165, 1.54) is 0 Å². The topological polar surface area (TPSA) is 78.0 Å². The van der Waals surface area contributed by atoms with Crippen molar-refractivity contribution < 1.29 is 0 Å². The smallest absolute Gasteiger partial charge is 0.266 e. The van der Waals surface area contributed by atoms with Crippen LogP contribution >= 0.6 is 0 Å². The zero-order chi connectivity index (χ0) is 29.2. The highest BCUT2D eigenvalue weighted by molar-refractivity contribution is 6.19. The Hall–Kier alpha value is -6.21. The first-order valence-electron chi connectivity index (χ1n) is 14.4. The minimum atomic E-state index is -0.129. The van der Waals surface area contributed by atoms with Gasteiger partial charge in [0.05, 0.1) is 27.5 Å². The first-order valence-corrected chi connectivity index (χ1v) is 14.4. The van der Waals surface area contributed by atoms with Gasteiger partial charge < -0.3 is 0 Å². The Morgan fingerprint density at radius 2 is 1.05 bits per heavy atom. The number of pyridine rings is 1. The Kier molecular flexibility index (Phi) is 5.21. The van der Waals surface area contributed by atoms with Gasteiger partial charge in [-0.2, -0.15) is 9.97 Å². The average Bonchev–Trinajstić information content (AvgIpc) is 3.66. The summed E-state index contributed by atoms with van der Waals surface area (Å²) in [5.74, 6) is 2.17. The molecule has 7 nitrogen and oxygen atoms in total. The molecule has 7 heteroatoms. The van der Waals surface area contributed by atoms with E-state index in [9.17, 15) is 4.79 Å². The lowest BCUT2D eigenvalue weighted by Crippen LogP contribution is -2.15. The molecule has 0 atom stereocenters. The first-order chi connectivity index (χ1) is 21.8. The highest BCUT2D eigenvalue weighted by Crippen LogP contribution is 2.37. The number of rotatable bonds is 4. The Balaban J connectivity index is 1.45. The molecular formula is C37H22N6O. The maximum atomic E-state index is 14.6. The molecule has 4 aromatic heterocycles. The van der Waals surface area contributed by atoms with Crippen LogP contribution in [0.5, 0.6) is 0 Å². The van der Waals surface area contributed by atoms with Crippen molar-refractivity contribution in [3.8, 4) is 40.1 Å². The summed E-state index contributed by atoms with van der Waals surface area (Å²) in [6.45, 7) is 0. The Bertz CT molecular complexity index is 2500. The van der Waals surface area contributed by atoms with E-state index in [-0.39, 0.29) is 5.56 Å². The molecule has 0 bridgehead atoms. The summed E-state index contributed by atoms with van der Waals surface area (Å²) in [6, 6.07) is 43.6. The van der Waals surface area contributed by atoms with Gasteiger partial charge in [-0.1, -0.05) is 121 Å². The molecule has 0 aliphatic carbocycles. The number of benzene rings is 5. The highest BCUT2D eigenvalue weighted by atomic mass is 16.1. The second-order valence-corrected chi connectivity index (χ2v) is 10.7. The molecule has 0 saturated heterocycles. The number of nitrogens with zero attached hydrogens (tertiary/aromatic N) is 6. The van der Waals surface area contributed by atoms with Crippen molar-refractivity contribution >= 4 is 38.2 Å². The predicted molar refractivity (Wildman–Crippen MR) is 174 cm³/mol. The van der Waals surface area contributed by atoms with E-state index in [1.54, 1.807) is 4.40 Å². The van der Waals surface area contributed by atoms with Crippen LogP contribution in [0.15, 0.2) is 138 Å². The first kappa shape index (κ1) is 24.4. The van der Waals surface area contributed by atoms with Crippen LogP contribution in [0.2, 0.25) is 0 Å². The molecule has 4 heterocycles. The van der Waals surface area contributed by atoms with E-state index in [1.807, 2.05) is 138 Å². The fourth-order valence-corrected chi connectivity index (χ4v) is 6.22. The molecule has 0 amide bonds. The SMILES string of the molecule is O=c1c2c3ccccc3n(-c3nc(-c4ccccc4)nc(-c4ccccc4)n3)c2c2cccc3nc(-c4ccccc4)n1c32. The molecule has 0 fully saturated rings. The van der Waals surface area contributed by atoms with Gasteiger partial charge in [0.2, 0.25) is 5.95 Å². The summed E-state index contributed by atoms with van der Waals surface area (Å²) in [5, 5.41) is 2.32. The number of aromatic nitrogens is 6. The van der Waals surface area contributed by atoms with Crippen LogP contribution in [0, 0.1) is 0 Å². The van der Waals surface area contributed by atoms with Gasteiger partial charge in [0.25, 0.3) is 5.56 Å². The fraction of sp³-hybridized carbons (Fsp3) is 0. The van der Waals surface area contributed by atoms with E-state index < -0.39 is 0 Å². The van der Waals surface area contributed by atoms with Gasteiger partial charge in [0.1, 0.15) is 5.82 Å². The molecule has 0 N–H and O–H groups in total. The molecule has 0 aliphatic heterocycles. The Morgan fingerprint density at radius 3 is 1.70 bits per heavy atom. The summed E-state index contributed by atoms with van der Waals surface area (Å²) in [7, 11) is 0. The number of imidazole rings is 1. The second-order valence-electron chi connectivity index (χ2n) is 10.7. The molecule has 0 spiro atoms. The van der Waals surface area contributed by atoms with Crippen LogP contribution < -0.4 is 5.56 Å². The maximum absolute atomic E-state index is 14.6. The van der Waals surface area contributed by atoms with Gasteiger partial charge in [-0.05, 0) is 12.1 Å². The number of hydrogen-bond acceptors (Lipinski definition) is 5. The molecule has 0 saturated carbocycles. The van der Waals surface area contributed by atoms with Crippen LogP contribution in [-0.2, 0) is 0 Å². The molecule has 0 radical (unpaired) electrons. The van der Waals surface area contributed by atoms with E-state index in [2.05, 4.69) is 0 Å². The summed E-state index contributed by atoms with van der Waals surface area (Å²) >= 11 is 0. The fourth-order valence-electron chi connectivity index (χ4n) is 6.22. The van der Waals surface area contributed by atoms with Gasteiger partial charge in [-0.25, -0.2) is 9.97 Å². The van der Waals surface area contributed by atoms with Gasteiger partial charge >= 0.3 is 0 Å². The zero-order valence-electron chi connectivity index (χ0n) is 23.3. The monoisotopic (exact) mass is 566 g/mol. The summed E-state index contributed by atoms with van der Waals surface area (Å²) < 4.78 is 3.77. The quantitative estimate of drug-likeness (QED) is 0.220. The lowest BCUT2D eigenvalue weighted by Gasteiger charge is -2.12. The van der Waals surface area contributed by atoms with E-state index >= 15 is 0 Å². The van der Waals surface area contributed by atoms with Crippen LogP contribution in [0.3, 0.4) is 0 Å². The molecule has 5 aromatic carbocycles. The van der Waals surface area contributed by atoms with Crippen molar-refractivity contribution in [3.63, 3.8) is 0 Å². The third-order valence-corrected chi connectivity index (χ3v) is 8.14. The van der Waals surface area contributed by atoms with Gasteiger partial charge in [-0.3, -0.25) is 13.8 Å². The molecule has 44 heavy (non-hydrogen) atoms. The number of para-hydroxylation sites is 2. The minimum Gasteiger partial charge on any atom is -0.277 e. The number of fused-ring (bicyclic) bond motifs is 4. The third kappa shape index (κ3) is 3.53. The van der Waals surface area contributed by atoms with Crippen LogP contribution in [0.1, 0.15) is 0 Å². The summed E-state index contributed by atoms with van der Waals surface area (Å²) in [6.07, 6.45) is 0. The van der Waals surface area contributed by atoms with Crippen molar-refractivity contribution in [2.45, 2.75) is 0 Å². The maximum Gasteiger partial charge on any atom is 0.266 e. The van der Waals surface area contributed by atoms with Gasteiger partial charge in [0, 0.05) is 27.5 Å². The largest absolute Gasteiger partial charge is 0.277 e. The lowest BCUT2D eigenvalue weighted by molar-refractivity contribution is 0.954. The molecule has 9 rings (SSSR count). The highest BCUT2D eigenvalue weighted by Gasteiger charge is 2.25. The van der Waals surface area contributed by atoms with Crippen molar-refractivity contribution in [1.82, 2.24) is 28.9 Å². The minimum absolute atomic E-state index is 0.129. The number of hydrogen-bond donors (Lipinski definition) is 0. The second kappa shape index (κ2) is 9.40. The van der Waals surface area contributed by atoms with E-state index in [0.717, 1.165) is 49.5 Å². The van der Waals surface area contributed by atoms with Crippen molar-refractivity contribution in [3.05, 3.63) is 144 Å². The average molecular weight is 567 g/mol. The van der Waals surface area contributed by atoms with Crippen molar-refractivity contribution in [1.29, 1.82) is 0 Å². The lowest BCUT2D eigenvalue weighted by atomic mass is 10.1.